The SMILES string of the molecule is Cc1nccn1-c1ccccc1CNS(=O)(=O)Cc1cccc([N+](=O)[O-])c1. The van der Waals surface area contributed by atoms with Crippen LogP contribution in [-0.4, -0.2) is 22.9 Å². The van der Waals surface area contributed by atoms with Crippen molar-refractivity contribution in [2.45, 2.75) is 19.2 Å². The van der Waals surface area contributed by atoms with Crippen molar-refractivity contribution < 1.29 is 13.3 Å². The van der Waals surface area contributed by atoms with Crippen LogP contribution in [0.2, 0.25) is 0 Å². The highest BCUT2D eigenvalue weighted by Crippen LogP contribution is 2.18. The first kappa shape index (κ1) is 18.7. The third-order valence-electron chi connectivity index (χ3n) is 4.04. The van der Waals surface area contributed by atoms with Crippen molar-refractivity contribution in [1.29, 1.82) is 0 Å². The van der Waals surface area contributed by atoms with Gasteiger partial charge in [-0.15, -0.1) is 0 Å². The van der Waals surface area contributed by atoms with Gasteiger partial charge in [0, 0.05) is 31.1 Å². The number of nitrogens with zero attached hydrogens (tertiary/aromatic N) is 3. The zero-order valence-electron chi connectivity index (χ0n) is 14.6. The van der Waals surface area contributed by atoms with Gasteiger partial charge in [-0.3, -0.25) is 10.1 Å². The first-order valence-electron chi connectivity index (χ1n) is 8.14. The van der Waals surface area contributed by atoms with E-state index in [4.69, 9.17) is 0 Å². The minimum Gasteiger partial charge on any atom is -0.304 e. The molecule has 2 aromatic carbocycles. The molecule has 3 aromatic rings. The summed E-state index contributed by atoms with van der Waals surface area (Å²) in [6.07, 6.45) is 3.49. The molecule has 140 valence electrons. The number of aryl methyl sites for hydroxylation is 1. The molecule has 1 aromatic heterocycles. The van der Waals surface area contributed by atoms with Crippen LogP contribution in [-0.2, 0) is 22.3 Å². The van der Waals surface area contributed by atoms with Crippen molar-refractivity contribution in [2.75, 3.05) is 0 Å². The van der Waals surface area contributed by atoms with Crippen LogP contribution in [0, 0.1) is 17.0 Å². The molecule has 0 fully saturated rings. The minimum absolute atomic E-state index is 0.102. The van der Waals surface area contributed by atoms with E-state index in [-0.39, 0.29) is 18.0 Å². The molecule has 9 heteroatoms. The number of aromatic nitrogens is 2. The largest absolute Gasteiger partial charge is 0.304 e. The normalized spacial score (nSPS) is 11.4. The number of nitro benzene ring substituents is 1. The van der Waals surface area contributed by atoms with Gasteiger partial charge >= 0.3 is 0 Å². The van der Waals surface area contributed by atoms with E-state index in [2.05, 4.69) is 9.71 Å². The van der Waals surface area contributed by atoms with E-state index >= 15 is 0 Å². The van der Waals surface area contributed by atoms with Gasteiger partial charge in [0.2, 0.25) is 10.0 Å². The van der Waals surface area contributed by atoms with E-state index < -0.39 is 14.9 Å². The highest BCUT2D eigenvalue weighted by Gasteiger charge is 2.15. The summed E-state index contributed by atoms with van der Waals surface area (Å²) < 4.78 is 29.3. The van der Waals surface area contributed by atoms with E-state index in [0.29, 0.717) is 5.56 Å². The maximum Gasteiger partial charge on any atom is 0.269 e. The minimum atomic E-state index is -3.67. The number of imidazole rings is 1. The Balaban J connectivity index is 1.76. The Morgan fingerprint density at radius 1 is 1.19 bits per heavy atom. The number of benzene rings is 2. The molecular weight excluding hydrogens is 368 g/mol. The Bertz CT molecular complexity index is 1080. The lowest BCUT2D eigenvalue weighted by molar-refractivity contribution is -0.384. The number of nitrogens with one attached hydrogen (secondary N) is 1. The Morgan fingerprint density at radius 3 is 2.67 bits per heavy atom. The maximum atomic E-state index is 12.4. The van der Waals surface area contributed by atoms with Gasteiger partial charge in [-0.05, 0) is 24.1 Å². The number of hydrogen-bond acceptors (Lipinski definition) is 5. The molecule has 1 heterocycles. The third-order valence-corrected chi connectivity index (χ3v) is 5.34. The van der Waals surface area contributed by atoms with Crippen LogP contribution in [0.1, 0.15) is 17.0 Å². The van der Waals surface area contributed by atoms with Gasteiger partial charge in [0.1, 0.15) is 5.82 Å². The summed E-state index contributed by atoms with van der Waals surface area (Å²) in [6.45, 7) is 1.97. The molecule has 27 heavy (non-hydrogen) atoms. The number of nitro groups is 1. The van der Waals surface area contributed by atoms with Crippen molar-refractivity contribution in [2.24, 2.45) is 0 Å². The van der Waals surface area contributed by atoms with Crippen LogP contribution >= 0.6 is 0 Å². The smallest absolute Gasteiger partial charge is 0.269 e. The molecule has 8 nitrogen and oxygen atoms in total. The molecule has 0 aliphatic heterocycles. The quantitative estimate of drug-likeness (QED) is 0.496. The lowest BCUT2D eigenvalue weighted by Gasteiger charge is -2.13. The number of non-ortho nitro benzene ring substituents is 1. The topological polar surface area (TPSA) is 107 Å². The van der Waals surface area contributed by atoms with Crippen molar-refractivity contribution in [3.8, 4) is 5.69 Å². The Labute approximate surface area is 156 Å². The van der Waals surface area contributed by atoms with Gasteiger partial charge in [-0.25, -0.2) is 18.1 Å². The monoisotopic (exact) mass is 386 g/mol. The van der Waals surface area contributed by atoms with Gasteiger partial charge in [-0.2, -0.15) is 0 Å². The second-order valence-corrected chi connectivity index (χ2v) is 7.79. The summed E-state index contributed by atoms with van der Waals surface area (Å²) in [4.78, 5) is 14.5. The second kappa shape index (κ2) is 7.68. The molecule has 0 atom stereocenters. The van der Waals surface area contributed by atoms with Crippen LogP contribution in [0.4, 0.5) is 5.69 Å². The van der Waals surface area contributed by atoms with Crippen molar-refractivity contribution >= 4 is 15.7 Å². The number of hydrogen-bond donors (Lipinski definition) is 1. The van der Waals surface area contributed by atoms with Crippen molar-refractivity contribution in [3.05, 3.63) is 88.0 Å². The summed E-state index contributed by atoms with van der Waals surface area (Å²) in [6, 6.07) is 13.0. The number of rotatable bonds is 7. The molecular formula is C18H18N4O4S. The van der Waals surface area contributed by atoms with Crippen LogP contribution in [0.25, 0.3) is 5.69 Å². The molecule has 0 amide bonds. The van der Waals surface area contributed by atoms with Gasteiger partial charge in [0.15, 0.2) is 0 Å². The Kier molecular flexibility index (Phi) is 5.33. The summed E-state index contributed by atoms with van der Waals surface area (Å²) in [5, 5.41) is 10.8. The summed E-state index contributed by atoms with van der Waals surface area (Å²) in [7, 11) is -3.67. The van der Waals surface area contributed by atoms with Crippen LogP contribution < -0.4 is 4.72 Å². The summed E-state index contributed by atoms with van der Waals surface area (Å²) in [5.74, 6) is 0.461. The van der Waals surface area contributed by atoms with E-state index in [0.717, 1.165) is 17.1 Å². The molecule has 0 spiro atoms. The highest BCUT2D eigenvalue weighted by molar-refractivity contribution is 7.88. The van der Waals surface area contributed by atoms with Crippen LogP contribution in [0.15, 0.2) is 60.9 Å². The van der Waals surface area contributed by atoms with Gasteiger partial charge in [0.05, 0.1) is 16.4 Å². The second-order valence-electron chi connectivity index (χ2n) is 5.98. The molecule has 0 aliphatic carbocycles. The fourth-order valence-corrected chi connectivity index (χ4v) is 3.84. The summed E-state index contributed by atoms with van der Waals surface area (Å²) >= 11 is 0. The standard InChI is InChI=1S/C18H18N4O4S/c1-14-19-9-10-21(14)18-8-3-2-6-16(18)12-20-27(25,26)13-15-5-4-7-17(11-15)22(23)24/h2-11,20H,12-13H2,1H3. The summed E-state index contributed by atoms with van der Waals surface area (Å²) in [5.41, 5.74) is 1.85. The lowest BCUT2D eigenvalue weighted by atomic mass is 10.2. The zero-order valence-corrected chi connectivity index (χ0v) is 15.4. The molecule has 0 saturated carbocycles. The molecule has 0 bridgehead atoms. The van der Waals surface area contributed by atoms with Crippen LogP contribution in [0.3, 0.4) is 0 Å². The van der Waals surface area contributed by atoms with Crippen molar-refractivity contribution in [3.63, 3.8) is 0 Å². The van der Waals surface area contributed by atoms with E-state index in [1.807, 2.05) is 42.0 Å². The average Bonchev–Trinajstić information content (AvgIpc) is 3.06. The van der Waals surface area contributed by atoms with Crippen molar-refractivity contribution in [1.82, 2.24) is 14.3 Å². The fourth-order valence-electron chi connectivity index (χ4n) is 2.75. The molecule has 1 N–H and O–H groups in total. The highest BCUT2D eigenvalue weighted by atomic mass is 32.2. The van der Waals surface area contributed by atoms with Gasteiger partial charge in [0.25, 0.3) is 5.69 Å². The zero-order chi connectivity index (χ0) is 19.4. The molecule has 0 saturated heterocycles. The predicted molar refractivity (Wildman–Crippen MR) is 101 cm³/mol. The number of para-hydroxylation sites is 1. The van der Waals surface area contributed by atoms with Gasteiger partial charge < -0.3 is 4.57 Å². The molecule has 0 radical (unpaired) electrons. The predicted octanol–water partition coefficient (Wildman–Crippen LogP) is 2.71. The Morgan fingerprint density at radius 2 is 1.96 bits per heavy atom. The first-order valence-corrected chi connectivity index (χ1v) is 9.80. The lowest BCUT2D eigenvalue weighted by Crippen LogP contribution is -2.25. The maximum absolute atomic E-state index is 12.4. The van der Waals surface area contributed by atoms with E-state index in [1.165, 1.54) is 18.2 Å². The Hall–Kier alpha value is -3.04. The third kappa shape index (κ3) is 4.57. The number of sulfonamides is 1. The molecule has 3 rings (SSSR count). The fraction of sp³-hybridized carbons (Fsp3) is 0.167. The van der Waals surface area contributed by atoms with Gasteiger partial charge in [-0.1, -0.05) is 30.3 Å². The van der Waals surface area contributed by atoms with E-state index in [9.17, 15) is 18.5 Å². The first-order chi connectivity index (χ1) is 12.9. The average molecular weight is 386 g/mol. The van der Waals surface area contributed by atoms with E-state index in [1.54, 1.807) is 12.3 Å². The van der Waals surface area contributed by atoms with Crippen LogP contribution in [0.5, 0.6) is 0 Å². The molecule has 0 aliphatic rings. The molecule has 0 unspecified atom stereocenters.